The van der Waals surface area contributed by atoms with E-state index in [1.165, 1.54) is 76.5 Å². The van der Waals surface area contributed by atoms with Gasteiger partial charge in [-0.05, 0) is 174 Å². The van der Waals surface area contributed by atoms with Crippen LogP contribution in [0.4, 0.5) is 0 Å². The molecule has 0 atom stereocenters. The summed E-state index contributed by atoms with van der Waals surface area (Å²) in [5, 5.41) is 22.6. The molecule has 22 aromatic rings. The predicted octanol–water partition coefficient (Wildman–Crippen LogP) is 27.9. The minimum Gasteiger partial charge on any atom is -0.456 e. The molecule has 0 aliphatic rings. The number of benzene rings is 18. The highest BCUT2D eigenvalue weighted by Crippen LogP contribution is 2.53. The largest absolute Gasteiger partial charge is 0.456 e. The fourth-order valence-electron chi connectivity index (χ4n) is 17.1. The van der Waals surface area contributed by atoms with Gasteiger partial charge < -0.3 is 17.7 Å². The molecule has 0 radical (unpaired) electrons. The van der Waals surface area contributed by atoms with Gasteiger partial charge in [-0.25, -0.2) is 0 Å². The molecule has 0 amide bonds. The van der Waals surface area contributed by atoms with Crippen molar-refractivity contribution in [2.45, 2.75) is 0 Å². The maximum absolute atomic E-state index is 7.45. The third kappa shape index (κ3) is 7.93. The van der Waals surface area contributed by atoms with Crippen LogP contribution in [-0.4, -0.2) is 0 Å². The SMILES string of the molecule is c1ccc(-c2c3ccccc3c(-c3ccc(-c4c5oc6cc(-c7cc8oc9c(-c%10ccc(-c%11c%12ccccc%12c(-c%12ccccc%12)c%12ccccc%11%12)cc%10)cc%10oc%11ccccc%11c%10c9c8c8ccccc78)ccc6c5cc5c4oc4ccc6ccccc6c45)cc3)c3ccccc23)cc1. The number of hydrogen-bond donors (Lipinski definition) is 0. The van der Waals surface area contributed by atoms with Crippen LogP contribution in [0.25, 0.3) is 230 Å². The van der Waals surface area contributed by atoms with Crippen molar-refractivity contribution < 1.29 is 17.7 Å². The summed E-state index contributed by atoms with van der Waals surface area (Å²) in [4.78, 5) is 0. The fourth-order valence-corrected chi connectivity index (χ4v) is 17.1. The van der Waals surface area contributed by atoms with Gasteiger partial charge in [-0.3, -0.25) is 0 Å². The Morgan fingerprint density at radius 1 is 0.150 bits per heavy atom. The Morgan fingerprint density at radius 3 is 1.12 bits per heavy atom. The van der Waals surface area contributed by atoms with Crippen molar-refractivity contribution in [2.24, 2.45) is 0 Å². The molecule has 462 valence electrons. The summed E-state index contributed by atoms with van der Waals surface area (Å²) >= 11 is 0. The summed E-state index contributed by atoms with van der Waals surface area (Å²) < 4.78 is 28.8. The second kappa shape index (κ2) is 21.1. The van der Waals surface area contributed by atoms with Crippen LogP contribution in [-0.2, 0) is 0 Å². The van der Waals surface area contributed by atoms with E-state index in [0.717, 1.165) is 154 Å². The second-order valence-electron chi connectivity index (χ2n) is 26.7. The van der Waals surface area contributed by atoms with E-state index >= 15 is 0 Å². The average molecular weight is 1270 g/mol. The van der Waals surface area contributed by atoms with E-state index in [-0.39, 0.29) is 0 Å². The number of rotatable bonds is 7. The first kappa shape index (κ1) is 54.9. The van der Waals surface area contributed by atoms with Gasteiger partial charge in [0.1, 0.15) is 44.7 Å². The third-order valence-electron chi connectivity index (χ3n) is 21.4. The van der Waals surface area contributed by atoms with Crippen LogP contribution in [0, 0.1) is 0 Å². The Labute approximate surface area is 572 Å². The first-order chi connectivity index (χ1) is 49.6. The monoisotopic (exact) mass is 1270 g/mol. The van der Waals surface area contributed by atoms with Gasteiger partial charge in [-0.2, -0.15) is 0 Å². The maximum atomic E-state index is 7.45. The van der Waals surface area contributed by atoms with E-state index in [1.54, 1.807) is 0 Å². The molecule has 0 saturated heterocycles. The van der Waals surface area contributed by atoms with Crippen molar-refractivity contribution in [3.05, 3.63) is 328 Å². The summed E-state index contributed by atoms with van der Waals surface area (Å²) in [6.45, 7) is 0. The predicted molar refractivity (Wildman–Crippen MR) is 419 cm³/mol. The van der Waals surface area contributed by atoms with Gasteiger partial charge in [0.15, 0.2) is 0 Å². The van der Waals surface area contributed by atoms with Gasteiger partial charge in [-0.1, -0.05) is 285 Å². The molecule has 18 aromatic carbocycles. The molecule has 0 unspecified atom stereocenters. The molecule has 22 rings (SSSR count). The van der Waals surface area contributed by atoms with Crippen molar-refractivity contribution in [2.75, 3.05) is 0 Å². The molecule has 0 aliphatic heterocycles. The molecular weight excluding hydrogens is 1220 g/mol. The van der Waals surface area contributed by atoms with Crippen molar-refractivity contribution >= 4 is 152 Å². The quantitative estimate of drug-likeness (QED) is 0.149. The van der Waals surface area contributed by atoms with Gasteiger partial charge >= 0.3 is 0 Å². The minimum absolute atomic E-state index is 0.774. The number of para-hydroxylation sites is 1. The van der Waals surface area contributed by atoms with Gasteiger partial charge in [0, 0.05) is 48.7 Å². The zero-order chi connectivity index (χ0) is 65.3. The zero-order valence-corrected chi connectivity index (χ0v) is 53.8. The lowest BCUT2D eigenvalue weighted by atomic mass is 9.85. The van der Waals surface area contributed by atoms with E-state index in [0.29, 0.717) is 0 Å². The van der Waals surface area contributed by atoms with Gasteiger partial charge in [0.2, 0.25) is 0 Å². The van der Waals surface area contributed by atoms with Gasteiger partial charge in [0.25, 0.3) is 0 Å². The Balaban J connectivity index is 0.723. The highest BCUT2D eigenvalue weighted by atomic mass is 16.3. The number of hydrogen-bond acceptors (Lipinski definition) is 4. The summed E-state index contributed by atoms with van der Waals surface area (Å²) in [7, 11) is 0. The van der Waals surface area contributed by atoms with Crippen LogP contribution in [0.3, 0.4) is 0 Å². The molecular formula is C96H54O4. The standard InChI is InChI=1S/C96H54O4/c1-3-22-57(23-4-1)85-67-29-11-15-33-71(67)87(72-34-16-12-30-68(72)85)59-41-39-56(40-42-59)77-54-83-92(75-37-19-20-38-80(75)97-83)93-91-66-28-10-9-27-64(66)76(53-84(91)100-94(77)93)62-47-49-65-78-52-79-90-63-26-8-7-21-55(63)48-50-81(90)98-96(79)89(95(78)99-82(65)51-62)61-45-43-60(44-46-61)88-73-35-17-13-31-69(73)86(58-24-5-2-6-25-58)70-32-14-18-36-74(70)88/h1-54H. The van der Waals surface area contributed by atoms with E-state index in [4.69, 9.17) is 17.7 Å². The van der Waals surface area contributed by atoms with Gasteiger partial charge in [0.05, 0.1) is 5.56 Å². The number of furan rings is 4. The van der Waals surface area contributed by atoms with Crippen molar-refractivity contribution in [1.29, 1.82) is 0 Å². The number of fused-ring (bicyclic) bond motifs is 21. The molecule has 0 spiro atoms. The zero-order valence-electron chi connectivity index (χ0n) is 53.8. The lowest BCUT2D eigenvalue weighted by Gasteiger charge is -2.18. The molecule has 0 aliphatic carbocycles. The normalized spacial score (nSPS) is 12.2. The molecule has 0 saturated carbocycles. The Bertz CT molecular complexity index is 7110. The van der Waals surface area contributed by atoms with Crippen molar-refractivity contribution in [3.8, 4) is 77.9 Å². The maximum Gasteiger partial charge on any atom is 0.147 e. The molecule has 0 fully saturated rings. The van der Waals surface area contributed by atoms with Crippen LogP contribution in [0.5, 0.6) is 0 Å². The molecule has 4 heteroatoms. The van der Waals surface area contributed by atoms with Crippen LogP contribution >= 0.6 is 0 Å². The molecule has 4 heterocycles. The van der Waals surface area contributed by atoms with Crippen LogP contribution in [0.15, 0.2) is 345 Å². The first-order valence-electron chi connectivity index (χ1n) is 34.3. The smallest absolute Gasteiger partial charge is 0.147 e. The first-order valence-corrected chi connectivity index (χ1v) is 34.3. The molecule has 0 N–H and O–H groups in total. The summed E-state index contributed by atoms with van der Waals surface area (Å²) in [6.07, 6.45) is 0. The Morgan fingerprint density at radius 2 is 0.550 bits per heavy atom. The van der Waals surface area contributed by atoms with Crippen molar-refractivity contribution in [1.82, 2.24) is 0 Å². The topological polar surface area (TPSA) is 52.6 Å². The molecule has 100 heavy (non-hydrogen) atoms. The van der Waals surface area contributed by atoms with Crippen LogP contribution in [0.2, 0.25) is 0 Å². The molecule has 4 nitrogen and oxygen atoms in total. The summed E-state index contributed by atoms with van der Waals surface area (Å²) in [5.74, 6) is 0. The Kier molecular flexibility index (Phi) is 11.6. The van der Waals surface area contributed by atoms with Crippen LogP contribution < -0.4 is 0 Å². The summed E-state index contributed by atoms with van der Waals surface area (Å²) in [6, 6.07) is 119. The average Bonchev–Trinajstić information content (AvgIpc) is 1.49. The molecule has 4 aromatic heterocycles. The van der Waals surface area contributed by atoms with Gasteiger partial charge in [-0.15, -0.1) is 0 Å². The molecule has 0 bridgehead atoms. The van der Waals surface area contributed by atoms with Crippen molar-refractivity contribution in [3.63, 3.8) is 0 Å². The highest BCUT2D eigenvalue weighted by Gasteiger charge is 2.28. The van der Waals surface area contributed by atoms with E-state index in [9.17, 15) is 0 Å². The van der Waals surface area contributed by atoms with E-state index in [1.807, 2.05) is 6.07 Å². The highest BCUT2D eigenvalue weighted by molar-refractivity contribution is 6.35. The minimum atomic E-state index is 0.774. The van der Waals surface area contributed by atoms with Crippen LogP contribution in [0.1, 0.15) is 0 Å². The lowest BCUT2D eigenvalue weighted by Crippen LogP contribution is -1.91. The summed E-state index contributed by atoms with van der Waals surface area (Å²) in [5.41, 5.74) is 22.0. The van der Waals surface area contributed by atoms with E-state index < -0.39 is 0 Å². The second-order valence-corrected chi connectivity index (χ2v) is 26.7. The third-order valence-corrected chi connectivity index (χ3v) is 21.4. The lowest BCUT2D eigenvalue weighted by molar-refractivity contribution is 0.658. The fraction of sp³-hybridized carbons (Fsp3) is 0. The Hall–Kier alpha value is -13.3. The van der Waals surface area contributed by atoms with E-state index in [2.05, 4.69) is 322 Å².